The first-order chi connectivity index (χ1) is 8.74. The highest BCUT2D eigenvalue weighted by atomic mass is 16.2. The molecule has 2 aliphatic rings. The Hall–Kier alpha value is -1.55. The molecule has 18 heavy (non-hydrogen) atoms. The molecule has 2 unspecified atom stereocenters. The number of anilines is 1. The number of hydrogen-bond donors (Lipinski definition) is 2. The second kappa shape index (κ2) is 4.61. The summed E-state index contributed by atoms with van der Waals surface area (Å²) in [5.74, 6) is 0.0728. The van der Waals surface area contributed by atoms with Gasteiger partial charge in [-0.25, -0.2) is 0 Å². The second-order valence-corrected chi connectivity index (χ2v) is 5.12. The molecular formula is C14H19N3O. The van der Waals surface area contributed by atoms with Gasteiger partial charge in [-0.1, -0.05) is 12.1 Å². The molecule has 2 saturated heterocycles. The van der Waals surface area contributed by atoms with Gasteiger partial charge in [-0.3, -0.25) is 10.1 Å². The van der Waals surface area contributed by atoms with E-state index in [-0.39, 0.29) is 18.1 Å². The third-order valence-electron chi connectivity index (χ3n) is 3.79. The van der Waals surface area contributed by atoms with E-state index in [0.717, 1.165) is 18.7 Å². The van der Waals surface area contributed by atoms with Gasteiger partial charge in [0.15, 0.2) is 0 Å². The molecule has 0 bridgehead atoms. The molecule has 2 N–H and O–H groups in total. The molecule has 4 heteroatoms. The number of amides is 1. The van der Waals surface area contributed by atoms with Gasteiger partial charge in [0.05, 0.1) is 6.04 Å². The molecule has 3 rings (SSSR count). The fraction of sp³-hybridized carbons (Fsp3) is 0.500. The van der Waals surface area contributed by atoms with E-state index in [4.69, 9.17) is 0 Å². The molecule has 2 heterocycles. The molecule has 0 saturated carbocycles. The van der Waals surface area contributed by atoms with E-state index in [1.165, 1.54) is 18.5 Å². The molecule has 0 aliphatic carbocycles. The van der Waals surface area contributed by atoms with Crippen LogP contribution in [0.25, 0.3) is 0 Å². The van der Waals surface area contributed by atoms with E-state index >= 15 is 0 Å². The maximum Gasteiger partial charge on any atom is 0.238 e. The van der Waals surface area contributed by atoms with Crippen molar-refractivity contribution < 1.29 is 4.79 Å². The summed E-state index contributed by atoms with van der Waals surface area (Å²) in [6, 6.07) is 8.40. The number of carbonyl (C=O) groups is 1. The maximum absolute atomic E-state index is 11.5. The van der Waals surface area contributed by atoms with Crippen LogP contribution in [-0.4, -0.2) is 25.0 Å². The predicted molar refractivity (Wildman–Crippen MR) is 71.4 cm³/mol. The minimum Gasteiger partial charge on any atom is -0.372 e. The third-order valence-corrected chi connectivity index (χ3v) is 3.79. The van der Waals surface area contributed by atoms with E-state index in [0.29, 0.717) is 0 Å². The van der Waals surface area contributed by atoms with Crippen molar-refractivity contribution in [2.45, 2.75) is 32.0 Å². The Labute approximate surface area is 107 Å². The van der Waals surface area contributed by atoms with E-state index in [2.05, 4.69) is 39.8 Å². The van der Waals surface area contributed by atoms with Gasteiger partial charge in [0.1, 0.15) is 6.17 Å². The number of nitrogens with one attached hydrogen (secondary N) is 2. The smallest absolute Gasteiger partial charge is 0.238 e. The molecule has 2 aliphatic heterocycles. The standard InChI is InChI=1S/C14H19N3O/c1-10-14(18)16-13(15-10)11-4-6-12(7-5-11)17-8-2-3-9-17/h4-7,10,13,15H,2-3,8-9H2,1H3,(H,16,18). The van der Waals surface area contributed by atoms with Gasteiger partial charge in [-0.05, 0) is 37.5 Å². The topological polar surface area (TPSA) is 44.4 Å². The van der Waals surface area contributed by atoms with Crippen LogP contribution < -0.4 is 15.5 Å². The average Bonchev–Trinajstić information content (AvgIpc) is 3.01. The Morgan fingerprint density at radius 1 is 1.17 bits per heavy atom. The lowest BCUT2D eigenvalue weighted by Crippen LogP contribution is -2.24. The zero-order chi connectivity index (χ0) is 12.5. The predicted octanol–water partition coefficient (Wildman–Crippen LogP) is 1.39. The van der Waals surface area contributed by atoms with Gasteiger partial charge in [0, 0.05) is 18.8 Å². The van der Waals surface area contributed by atoms with Gasteiger partial charge in [-0.2, -0.15) is 0 Å². The van der Waals surface area contributed by atoms with Gasteiger partial charge >= 0.3 is 0 Å². The number of benzene rings is 1. The average molecular weight is 245 g/mol. The zero-order valence-electron chi connectivity index (χ0n) is 10.6. The normalized spacial score (nSPS) is 27.6. The lowest BCUT2D eigenvalue weighted by molar-refractivity contribution is -0.120. The first-order valence-electron chi connectivity index (χ1n) is 6.65. The summed E-state index contributed by atoms with van der Waals surface area (Å²) in [7, 11) is 0. The lowest BCUT2D eigenvalue weighted by atomic mass is 10.1. The monoisotopic (exact) mass is 245 g/mol. The summed E-state index contributed by atoms with van der Waals surface area (Å²) in [6.07, 6.45) is 2.54. The van der Waals surface area contributed by atoms with Crippen LogP contribution in [0.2, 0.25) is 0 Å². The quantitative estimate of drug-likeness (QED) is 0.827. The van der Waals surface area contributed by atoms with Crippen molar-refractivity contribution in [3.63, 3.8) is 0 Å². The van der Waals surface area contributed by atoms with Gasteiger partial charge in [0.25, 0.3) is 0 Å². The molecule has 2 atom stereocenters. The minimum atomic E-state index is -0.103. The first kappa shape index (κ1) is 11.5. The van der Waals surface area contributed by atoms with Crippen LogP contribution in [0, 0.1) is 0 Å². The van der Waals surface area contributed by atoms with Crippen LogP contribution in [0.4, 0.5) is 5.69 Å². The van der Waals surface area contributed by atoms with E-state index in [1.54, 1.807) is 0 Å². The summed E-state index contributed by atoms with van der Waals surface area (Å²) in [4.78, 5) is 13.9. The van der Waals surface area contributed by atoms with Gasteiger partial charge in [0.2, 0.25) is 5.91 Å². The summed E-state index contributed by atoms with van der Waals surface area (Å²) in [6.45, 7) is 4.21. The van der Waals surface area contributed by atoms with Crippen LogP contribution >= 0.6 is 0 Å². The molecule has 96 valence electrons. The third kappa shape index (κ3) is 2.08. The van der Waals surface area contributed by atoms with Crippen molar-refractivity contribution in [3.8, 4) is 0 Å². The number of rotatable bonds is 2. The Bertz CT molecular complexity index is 437. The number of carbonyl (C=O) groups excluding carboxylic acids is 1. The van der Waals surface area contributed by atoms with Crippen molar-refractivity contribution in [1.82, 2.24) is 10.6 Å². The summed E-state index contributed by atoms with van der Waals surface area (Å²) in [5, 5.41) is 6.18. The maximum atomic E-state index is 11.5. The van der Waals surface area contributed by atoms with Crippen LogP contribution in [0.5, 0.6) is 0 Å². The molecule has 0 aromatic heterocycles. The van der Waals surface area contributed by atoms with E-state index in [9.17, 15) is 4.79 Å². The highest BCUT2D eigenvalue weighted by molar-refractivity contribution is 5.83. The zero-order valence-corrected chi connectivity index (χ0v) is 10.6. The summed E-state index contributed by atoms with van der Waals surface area (Å²) >= 11 is 0. The highest BCUT2D eigenvalue weighted by Crippen LogP contribution is 2.23. The van der Waals surface area contributed by atoms with Crippen molar-refractivity contribution >= 4 is 11.6 Å². The first-order valence-corrected chi connectivity index (χ1v) is 6.65. The van der Waals surface area contributed by atoms with Crippen LogP contribution in [0.1, 0.15) is 31.5 Å². The van der Waals surface area contributed by atoms with E-state index in [1.807, 2.05) is 6.92 Å². The molecule has 0 spiro atoms. The molecular weight excluding hydrogens is 226 g/mol. The van der Waals surface area contributed by atoms with Crippen LogP contribution in [0.15, 0.2) is 24.3 Å². The second-order valence-electron chi connectivity index (χ2n) is 5.12. The fourth-order valence-corrected chi connectivity index (χ4v) is 2.67. The Morgan fingerprint density at radius 2 is 1.83 bits per heavy atom. The minimum absolute atomic E-state index is 0.0415. The van der Waals surface area contributed by atoms with Crippen molar-refractivity contribution in [2.24, 2.45) is 0 Å². The fourth-order valence-electron chi connectivity index (χ4n) is 2.67. The molecule has 2 fully saturated rings. The molecule has 0 radical (unpaired) electrons. The Balaban J connectivity index is 1.73. The van der Waals surface area contributed by atoms with Crippen LogP contribution in [-0.2, 0) is 4.79 Å². The largest absolute Gasteiger partial charge is 0.372 e. The van der Waals surface area contributed by atoms with E-state index < -0.39 is 0 Å². The summed E-state index contributed by atoms with van der Waals surface area (Å²) in [5.41, 5.74) is 2.41. The van der Waals surface area contributed by atoms with Crippen molar-refractivity contribution in [3.05, 3.63) is 29.8 Å². The van der Waals surface area contributed by atoms with Crippen molar-refractivity contribution in [2.75, 3.05) is 18.0 Å². The SMILES string of the molecule is CC1NC(c2ccc(N3CCCC3)cc2)NC1=O. The summed E-state index contributed by atoms with van der Waals surface area (Å²) < 4.78 is 0. The van der Waals surface area contributed by atoms with Crippen LogP contribution in [0.3, 0.4) is 0 Å². The highest BCUT2D eigenvalue weighted by Gasteiger charge is 2.28. The number of hydrogen-bond acceptors (Lipinski definition) is 3. The van der Waals surface area contributed by atoms with Gasteiger partial charge in [-0.15, -0.1) is 0 Å². The molecule has 1 aromatic rings. The number of nitrogens with zero attached hydrogens (tertiary/aromatic N) is 1. The molecule has 1 aromatic carbocycles. The Kier molecular flexibility index (Phi) is 2.96. The Morgan fingerprint density at radius 3 is 2.39 bits per heavy atom. The van der Waals surface area contributed by atoms with Gasteiger partial charge < -0.3 is 10.2 Å². The molecule has 4 nitrogen and oxygen atoms in total. The molecule has 1 amide bonds. The lowest BCUT2D eigenvalue weighted by Gasteiger charge is -2.19. The van der Waals surface area contributed by atoms with Crippen molar-refractivity contribution in [1.29, 1.82) is 0 Å².